The van der Waals surface area contributed by atoms with E-state index in [-0.39, 0.29) is 5.91 Å². The summed E-state index contributed by atoms with van der Waals surface area (Å²) in [5.74, 6) is 1.25. The minimum absolute atomic E-state index is 0.315. The van der Waals surface area contributed by atoms with Gasteiger partial charge in [-0.05, 0) is 30.3 Å². The smallest absolute Gasteiger partial charge is 0.247 e. The average Bonchev–Trinajstić information content (AvgIpc) is 2.96. The van der Waals surface area contributed by atoms with Gasteiger partial charge in [0.1, 0.15) is 18.7 Å². The molecule has 198 valence electrons. The zero-order valence-corrected chi connectivity index (χ0v) is 21.4. The number of amides is 1. The molecule has 4 rings (SSSR count). The maximum absolute atomic E-state index is 11.9. The number of benzene rings is 2. The van der Waals surface area contributed by atoms with E-state index in [0.29, 0.717) is 48.5 Å². The van der Waals surface area contributed by atoms with E-state index in [1.54, 1.807) is 25.6 Å². The number of hydrogen-bond acceptors (Lipinski definition) is 10. The van der Waals surface area contributed by atoms with Gasteiger partial charge in [0.25, 0.3) is 0 Å². The molecule has 1 amide bonds. The number of ether oxygens (including phenoxy) is 2. The lowest BCUT2D eigenvalue weighted by molar-refractivity contribution is -0.111. The van der Waals surface area contributed by atoms with E-state index in [1.807, 2.05) is 36.4 Å². The number of morpholine rings is 1. The van der Waals surface area contributed by atoms with Crippen LogP contribution in [0.15, 0.2) is 66.5 Å². The molecule has 0 radical (unpaired) electrons. The second-order valence-electron chi connectivity index (χ2n) is 8.22. The van der Waals surface area contributed by atoms with Gasteiger partial charge in [-0.2, -0.15) is 4.98 Å². The van der Waals surface area contributed by atoms with Crippen LogP contribution in [0.25, 0.3) is 0 Å². The van der Waals surface area contributed by atoms with Gasteiger partial charge in [-0.25, -0.2) is 4.98 Å². The Labute approximate surface area is 221 Å². The molecule has 0 aliphatic carbocycles. The molecule has 1 aromatic heterocycles. The van der Waals surface area contributed by atoms with Crippen LogP contribution in [0.4, 0.5) is 34.5 Å². The van der Waals surface area contributed by atoms with E-state index in [9.17, 15) is 4.79 Å². The largest absolute Gasteiger partial charge is 0.494 e. The lowest BCUT2D eigenvalue weighted by Crippen LogP contribution is -2.36. The molecule has 1 aliphatic heterocycles. The number of carbonyl (C=O) groups is 1. The van der Waals surface area contributed by atoms with Crippen molar-refractivity contribution in [1.29, 1.82) is 0 Å². The van der Waals surface area contributed by atoms with Crippen molar-refractivity contribution in [1.82, 2.24) is 9.97 Å². The lowest BCUT2D eigenvalue weighted by atomic mass is 10.2. The minimum Gasteiger partial charge on any atom is -0.494 e. The van der Waals surface area contributed by atoms with Crippen LogP contribution in [-0.4, -0.2) is 62.6 Å². The Morgan fingerprint density at radius 3 is 2.66 bits per heavy atom. The van der Waals surface area contributed by atoms with Gasteiger partial charge in [-0.15, -0.1) is 0 Å². The molecular weight excluding hydrogens is 486 g/mol. The zero-order chi connectivity index (χ0) is 26.7. The van der Waals surface area contributed by atoms with Crippen molar-refractivity contribution >= 4 is 46.6 Å². The third-order valence-corrected chi connectivity index (χ3v) is 5.79. The first-order valence-corrected chi connectivity index (χ1v) is 12.1. The summed E-state index contributed by atoms with van der Waals surface area (Å²) in [6.07, 6.45) is 4.97. The van der Waals surface area contributed by atoms with Crippen molar-refractivity contribution < 1.29 is 19.1 Å². The van der Waals surface area contributed by atoms with Gasteiger partial charge in [0, 0.05) is 49.2 Å². The highest BCUT2D eigenvalue weighted by atomic mass is 16.6. The quantitative estimate of drug-likeness (QED) is 0.196. The fourth-order valence-electron chi connectivity index (χ4n) is 3.87. The first-order chi connectivity index (χ1) is 18.6. The van der Waals surface area contributed by atoms with Crippen LogP contribution in [0.3, 0.4) is 0 Å². The number of oxime groups is 1. The van der Waals surface area contributed by atoms with Crippen molar-refractivity contribution in [3.8, 4) is 5.75 Å². The van der Waals surface area contributed by atoms with Crippen LogP contribution < -0.4 is 25.6 Å². The molecule has 3 N–H and O–H groups in total. The van der Waals surface area contributed by atoms with Crippen molar-refractivity contribution in [2.75, 3.05) is 61.4 Å². The molecule has 1 aliphatic rings. The molecule has 38 heavy (non-hydrogen) atoms. The Bertz CT molecular complexity index is 1290. The topological polar surface area (TPSA) is 122 Å². The Kier molecular flexibility index (Phi) is 9.08. The molecule has 2 aromatic carbocycles. The number of aromatic nitrogens is 2. The Morgan fingerprint density at radius 2 is 1.92 bits per heavy atom. The van der Waals surface area contributed by atoms with E-state index in [2.05, 4.69) is 37.6 Å². The molecule has 1 saturated heterocycles. The summed E-state index contributed by atoms with van der Waals surface area (Å²) in [6, 6.07) is 13.3. The van der Waals surface area contributed by atoms with E-state index < -0.39 is 0 Å². The van der Waals surface area contributed by atoms with Gasteiger partial charge >= 0.3 is 0 Å². The number of methoxy groups -OCH3 is 1. The van der Waals surface area contributed by atoms with Crippen LogP contribution in [0, 0.1) is 0 Å². The number of hydrogen-bond donors (Lipinski definition) is 3. The summed E-state index contributed by atoms with van der Waals surface area (Å²) < 4.78 is 11.1. The molecule has 0 unspecified atom stereocenters. The summed E-state index contributed by atoms with van der Waals surface area (Å²) in [6.45, 7) is 6.58. The number of nitrogens with one attached hydrogen (secondary N) is 3. The maximum Gasteiger partial charge on any atom is 0.247 e. The predicted molar refractivity (Wildman–Crippen MR) is 149 cm³/mol. The van der Waals surface area contributed by atoms with Crippen LogP contribution in [0.5, 0.6) is 5.75 Å². The first kappa shape index (κ1) is 26.4. The fourth-order valence-corrected chi connectivity index (χ4v) is 3.87. The number of carbonyl (C=O) groups excluding carboxylic acids is 1. The first-order valence-electron chi connectivity index (χ1n) is 12.1. The summed E-state index contributed by atoms with van der Waals surface area (Å²) in [5.41, 5.74) is 3.80. The van der Waals surface area contributed by atoms with Gasteiger partial charge < -0.3 is 35.2 Å². The van der Waals surface area contributed by atoms with Gasteiger partial charge in [-0.3, -0.25) is 4.79 Å². The third kappa shape index (κ3) is 6.77. The van der Waals surface area contributed by atoms with Crippen molar-refractivity contribution in [2.24, 2.45) is 5.16 Å². The number of para-hydroxylation sites is 2. The molecule has 0 bridgehead atoms. The average molecular weight is 518 g/mol. The van der Waals surface area contributed by atoms with Gasteiger partial charge in [0.05, 0.1) is 37.4 Å². The summed E-state index contributed by atoms with van der Waals surface area (Å²) in [5, 5.41) is 13.2. The van der Waals surface area contributed by atoms with Crippen molar-refractivity contribution in [3.63, 3.8) is 0 Å². The van der Waals surface area contributed by atoms with Crippen LogP contribution >= 0.6 is 0 Å². The molecule has 0 atom stereocenters. The molecule has 11 nitrogen and oxygen atoms in total. The predicted octanol–water partition coefficient (Wildman–Crippen LogP) is 4.11. The van der Waals surface area contributed by atoms with E-state index in [4.69, 9.17) is 19.3 Å². The van der Waals surface area contributed by atoms with Crippen LogP contribution in [0.2, 0.25) is 0 Å². The second kappa shape index (κ2) is 13.1. The van der Waals surface area contributed by atoms with Crippen LogP contribution in [0.1, 0.15) is 5.56 Å². The summed E-state index contributed by atoms with van der Waals surface area (Å²) in [4.78, 5) is 28.2. The maximum atomic E-state index is 11.9. The molecule has 1 fully saturated rings. The van der Waals surface area contributed by atoms with Gasteiger partial charge in [0.2, 0.25) is 11.9 Å². The third-order valence-electron chi connectivity index (χ3n) is 5.79. The highest BCUT2D eigenvalue weighted by Gasteiger charge is 2.15. The number of anilines is 6. The van der Waals surface area contributed by atoms with Gasteiger partial charge in [0.15, 0.2) is 0 Å². The molecule has 0 spiro atoms. The van der Waals surface area contributed by atoms with E-state index in [0.717, 1.165) is 30.0 Å². The molecular formula is C27H31N7O4. The molecule has 11 heteroatoms. The van der Waals surface area contributed by atoms with E-state index in [1.165, 1.54) is 13.2 Å². The van der Waals surface area contributed by atoms with Gasteiger partial charge in [-0.1, -0.05) is 23.9 Å². The Morgan fingerprint density at radius 1 is 1.13 bits per heavy atom. The zero-order valence-electron chi connectivity index (χ0n) is 21.4. The normalized spacial score (nSPS) is 13.2. The second-order valence-corrected chi connectivity index (χ2v) is 8.22. The molecule has 3 aromatic rings. The molecule has 2 heterocycles. The lowest BCUT2D eigenvalue weighted by Gasteiger charge is -2.29. The highest BCUT2D eigenvalue weighted by molar-refractivity contribution is 6.01. The summed E-state index contributed by atoms with van der Waals surface area (Å²) >= 11 is 0. The minimum atomic E-state index is -0.315. The Hall–Kier alpha value is -4.64. The highest BCUT2D eigenvalue weighted by Crippen LogP contribution is 2.33. The van der Waals surface area contributed by atoms with Crippen molar-refractivity contribution in [2.45, 2.75) is 6.42 Å². The summed E-state index contributed by atoms with van der Waals surface area (Å²) in [7, 11) is 3.11. The molecule has 0 saturated carbocycles. The standard InChI is InChI=1S/C27H31N7O4/c1-4-25(35)30-21-7-5-6-8-22(21)31-26-19(11-12-29-37-3)18-28-27(33-26)32-23-10-9-20(17-24(23)36-2)34-13-15-38-16-14-34/h4-10,12,17-18H,1,11,13-16H2,2-3H3,(H,30,35)(H2,28,31,32,33)/b29-12+. The van der Waals surface area contributed by atoms with E-state index >= 15 is 0 Å². The monoisotopic (exact) mass is 517 g/mol. The SMILES string of the molecule is C=CC(=O)Nc1ccccc1Nc1nc(Nc2ccc(N3CCOCC3)cc2OC)ncc1C/C=N/OC. The van der Waals surface area contributed by atoms with Crippen LogP contribution in [-0.2, 0) is 20.8 Å². The van der Waals surface area contributed by atoms with Crippen molar-refractivity contribution in [3.05, 3.63) is 66.9 Å². The number of rotatable bonds is 11. The number of nitrogens with zero attached hydrogens (tertiary/aromatic N) is 4. The Balaban J connectivity index is 1.62. The fraction of sp³-hybridized carbons (Fsp3) is 0.259.